The van der Waals surface area contributed by atoms with Crippen molar-refractivity contribution in [3.05, 3.63) is 65.2 Å². The standard InChI is InChI=1S/C21H20N4O4S/c1-13-18(14(2)29-24-13)12-30-20-17(7-4-8-22-20)19(26)23-15-5-3-6-16(11-15)25-9-10-28-21(25)27/h3-8,11H,9-10,12H2,1-2H3,(H,23,26). The molecule has 3 heterocycles. The molecule has 1 aliphatic rings. The van der Waals surface area contributed by atoms with Crippen LogP contribution in [0.3, 0.4) is 0 Å². The van der Waals surface area contributed by atoms with Gasteiger partial charge in [-0.15, -0.1) is 11.8 Å². The molecule has 3 aromatic rings. The van der Waals surface area contributed by atoms with Gasteiger partial charge in [0.2, 0.25) is 0 Å². The summed E-state index contributed by atoms with van der Waals surface area (Å²) in [5.74, 6) is 1.09. The normalized spacial score (nSPS) is 13.4. The highest BCUT2D eigenvalue weighted by Gasteiger charge is 2.24. The van der Waals surface area contributed by atoms with Gasteiger partial charge in [0.1, 0.15) is 17.4 Å². The third kappa shape index (κ3) is 4.16. The van der Waals surface area contributed by atoms with E-state index < -0.39 is 0 Å². The van der Waals surface area contributed by atoms with E-state index in [9.17, 15) is 9.59 Å². The lowest BCUT2D eigenvalue weighted by Gasteiger charge is -2.14. The van der Waals surface area contributed by atoms with Crippen molar-refractivity contribution >= 4 is 35.1 Å². The topological polar surface area (TPSA) is 97.6 Å². The molecule has 0 radical (unpaired) electrons. The molecule has 154 valence electrons. The van der Waals surface area contributed by atoms with E-state index in [1.165, 1.54) is 16.7 Å². The molecule has 9 heteroatoms. The Morgan fingerprint density at radius 2 is 2.13 bits per heavy atom. The van der Waals surface area contributed by atoms with Crippen LogP contribution < -0.4 is 10.2 Å². The van der Waals surface area contributed by atoms with Crippen LogP contribution in [0.5, 0.6) is 0 Å². The van der Waals surface area contributed by atoms with E-state index in [2.05, 4.69) is 15.5 Å². The molecular weight excluding hydrogens is 404 g/mol. The Balaban J connectivity index is 1.50. The van der Waals surface area contributed by atoms with Crippen LogP contribution in [0.25, 0.3) is 0 Å². The highest BCUT2D eigenvalue weighted by molar-refractivity contribution is 7.98. The van der Waals surface area contributed by atoms with E-state index >= 15 is 0 Å². The predicted octanol–water partition coefficient (Wildman–Crippen LogP) is 4.19. The Hall–Kier alpha value is -3.33. The van der Waals surface area contributed by atoms with Gasteiger partial charge >= 0.3 is 6.09 Å². The Kier molecular flexibility index (Phi) is 5.71. The largest absolute Gasteiger partial charge is 0.447 e. The third-order valence-corrected chi connectivity index (χ3v) is 5.76. The van der Waals surface area contributed by atoms with Gasteiger partial charge in [-0.2, -0.15) is 0 Å². The number of aromatic nitrogens is 2. The van der Waals surface area contributed by atoms with E-state index in [0.29, 0.717) is 40.9 Å². The smallest absolute Gasteiger partial charge is 0.414 e. The number of amides is 2. The fraction of sp³-hybridized carbons (Fsp3) is 0.238. The zero-order valence-corrected chi connectivity index (χ0v) is 17.4. The number of nitrogens with zero attached hydrogens (tertiary/aromatic N) is 3. The average Bonchev–Trinajstić information content (AvgIpc) is 3.32. The van der Waals surface area contributed by atoms with Crippen LogP contribution in [0.15, 0.2) is 52.1 Å². The molecule has 0 atom stereocenters. The number of benzene rings is 1. The van der Waals surface area contributed by atoms with Crippen molar-refractivity contribution in [1.82, 2.24) is 10.1 Å². The van der Waals surface area contributed by atoms with E-state index in [4.69, 9.17) is 9.26 Å². The lowest BCUT2D eigenvalue weighted by molar-refractivity contribution is 0.102. The summed E-state index contributed by atoms with van der Waals surface area (Å²) in [7, 11) is 0. The summed E-state index contributed by atoms with van der Waals surface area (Å²) in [6, 6.07) is 10.6. The summed E-state index contributed by atoms with van der Waals surface area (Å²) in [6.45, 7) is 4.60. The van der Waals surface area contributed by atoms with Crippen molar-refractivity contribution in [2.75, 3.05) is 23.4 Å². The predicted molar refractivity (Wildman–Crippen MR) is 113 cm³/mol. The van der Waals surface area contributed by atoms with Crippen LogP contribution in [0.4, 0.5) is 16.2 Å². The number of carbonyl (C=O) groups excluding carboxylic acids is 2. The Morgan fingerprint density at radius 3 is 2.87 bits per heavy atom. The third-order valence-electron chi connectivity index (χ3n) is 4.73. The minimum atomic E-state index is -0.385. The lowest BCUT2D eigenvalue weighted by Crippen LogP contribution is -2.23. The molecule has 1 aromatic carbocycles. The first-order chi connectivity index (χ1) is 14.5. The SMILES string of the molecule is Cc1noc(C)c1CSc1ncccc1C(=O)Nc1cccc(N2CCOC2=O)c1. The van der Waals surface area contributed by atoms with E-state index in [-0.39, 0.29) is 12.0 Å². The van der Waals surface area contributed by atoms with Crippen LogP contribution in [0.2, 0.25) is 0 Å². The number of anilines is 2. The maximum atomic E-state index is 12.9. The number of cyclic esters (lactones) is 1. The molecular formula is C21H20N4O4S. The van der Waals surface area contributed by atoms with Gasteiger partial charge in [0, 0.05) is 28.9 Å². The molecule has 0 spiro atoms. The molecule has 8 nitrogen and oxygen atoms in total. The highest BCUT2D eigenvalue weighted by Crippen LogP contribution is 2.28. The van der Waals surface area contributed by atoms with Gasteiger partial charge in [-0.3, -0.25) is 9.69 Å². The molecule has 1 aliphatic heterocycles. The Labute approximate surface area is 177 Å². The molecule has 0 bridgehead atoms. The highest BCUT2D eigenvalue weighted by atomic mass is 32.2. The number of thioether (sulfide) groups is 1. The summed E-state index contributed by atoms with van der Waals surface area (Å²) in [6.07, 6.45) is 1.27. The average molecular weight is 424 g/mol. The zero-order chi connectivity index (χ0) is 21.1. The second kappa shape index (κ2) is 8.58. The first-order valence-electron chi connectivity index (χ1n) is 9.38. The monoisotopic (exact) mass is 424 g/mol. The van der Waals surface area contributed by atoms with Gasteiger partial charge in [0.25, 0.3) is 5.91 Å². The zero-order valence-electron chi connectivity index (χ0n) is 16.5. The van der Waals surface area contributed by atoms with Crippen molar-refractivity contribution in [2.24, 2.45) is 0 Å². The van der Waals surface area contributed by atoms with Crippen LogP contribution in [0.1, 0.15) is 27.4 Å². The van der Waals surface area contributed by atoms with Gasteiger partial charge < -0.3 is 14.6 Å². The van der Waals surface area contributed by atoms with E-state index in [1.54, 1.807) is 42.6 Å². The fourth-order valence-corrected chi connectivity index (χ4v) is 4.25. The summed E-state index contributed by atoms with van der Waals surface area (Å²) < 4.78 is 10.2. The second-order valence-corrected chi connectivity index (χ2v) is 7.68. The molecule has 30 heavy (non-hydrogen) atoms. The van der Waals surface area contributed by atoms with Crippen LogP contribution in [-0.2, 0) is 10.5 Å². The van der Waals surface area contributed by atoms with Crippen LogP contribution in [-0.4, -0.2) is 35.3 Å². The summed E-state index contributed by atoms with van der Waals surface area (Å²) in [5.41, 5.74) is 3.57. The second-order valence-electron chi connectivity index (χ2n) is 6.72. The molecule has 4 rings (SSSR count). The van der Waals surface area contributed by atoms with Gasteiger partial charge in [-0.1, -0.05) is 11.2 Å². The van der Waals surface area contributed by atoms with Crippen molar-refractivity contribution in [1.29, 1.82) is 0 Å². The van der Waals surface area contributed by atoms with Crippen molar-refractivity contribution < 1.29 is 18.8 Å². The van der Waals surface area contributed by atoms with E-state index in [1.807, 2.05) is 13.8 Å². The maximum Gasteiger partial charge on any atom is 0.414 e. The minimum absolute atomic E-state index is 0.273. The number of hydrogen-bond acceptors (Lipinski definition) is 7. The number of nitrogens with one attached hydrogen (secondary N) is 1. The summed E-state index contributed by atoms with van der Waals surface area (Å²) in [5, 5.41) is 7.47. The van der Waals surface area contributed by atoms with Gasteiger partial charge in [-0.05, 0) is 44.2 Å². The van der Waals surface area contributed by atoms with Gasteiger partial charge in [0.15, 0.2) is 0 Å². The number of pyridine rings is 1. The molecule has 2 aromatic heterocycles. The Morgan fingerprint density at radius 1 is 1.27 bits per heavy atom. The first kappa shape index (κ1) is 20.0. The molecule has 1 N–H and O–H groups in total. The van der Waals surface area contributed by atoms with Crippen molar-refractivity contribution in [3.8, 4) is 0 Å². The van der Waals surface area contributed by atoms with Crippen LogP contribution in [0, 0.1) is 13.8 Å². The van der Waals surface area contributed by atoms with Gasteiger partial charge in [0.05, 0.1) is 17.8 Å². The number of ether oxygens (including phenoxy) is 1. The number of rotatable bonds is 6. The van der Waals surface area contributed by atoms with E-state index in [0.717, 1.165) is 17.0 Å². The number of aryl methyl sites for hydroxylation is 2. The lowest BCUT2D eigenvalue weighted by atomic mass is 10.2. The molecule has 1 fully saturated rings. The number of carbonyl (C=O) groups is 2. The van der Waals surface area contributed by atoms with Crippen LogP contribution >= 0.6 is 11.8 Å². The first-order valence-corrected chi connectivity index (χ1v) is 10.4. The molecule has 0 unspecified atom stereocenters. The molecule has 2 amide bonds. The number of hydrogen-bond donors (Lipinski definition) is 1. The molecule has 0 aliphatic carbocycles. The minimum Gasteiger partial charge on any atom is -0.447 e. The van der Waals surface area contributed by atoms with Crippen molar-refractivity contribution in [2.45, 2.75) is 24.6 Å². The summed E-state index contributed by atoms with van der Waals surface area (Å²) >= 11 is 1.45. The van der Waals surface area contributed by atoms with Gasteiger partial charge in [-0.25, -0.2) is 9.78 Å². The maximum absolute atomic E-state index is 12.9. The fourth-order valence-electron chi connectivity index (χ4n) is 3.11. The van der Waals surface area contributed by atoms with Crippen molar-refractivity contribution in [3.63, 3.8) is 0 Å². The summed E-state index contributed by atoms with van der Waals surface area (Å²) in [4.78, 5) is 30.6. The molecule has 0 saturated carbocycles. The molecule has 1 saturated heterocycles. The quantitative estimate of drug-likeness (QED) is 0.593. The Bertz CT molecular complexity index is 1080.